The van der Waals surface area contributed by atoms with Crippen molar-refractivity contribution in [2.45, 2.75) is 6.54 Å². The Kier molecular flexibility index (Phi) is 3.38. The van der Waals surface area contributed by atoms with Crippen molar-refractivity contribution >= 4 is 5.69 Å². The van der Waals surface area contributed by atoms with Crippen molar-refractivity contribution < 1.29 is 4.92 Å². The standard InChI is InChI=1S/C12H14N4O2/c1-13-7-10-8-15(2)14-12(10)9-3-5-11(6-4-9)16(17)18/h3-6,8,13H,7H2,1-2H3. The maximum atomic E-state index is 10.6. The predicted octanol–water partition coefficient (Wildman–Crippen LogP) is 1.71. The molecule has 1 heterocycles. The molecule has 1 aromatic heterocycles. The van der Waals surface area contributed by atoms with Crippen LogP contribution in [0.5, 0.6) is 0 Å². The molecule has 6 heteroatoms. The highest BCUT2D eigenvalue weighted by Crippen LogP contribution is 2.24. The van der Waals surface area contributed by atoms with Gasteiger partial charge in [-0.25, -0.2) is 0 Å². The summed E-state index contributed by atoms with van der Waals surface area (Å²) in [4.78, 5) is 10.2. The van der Waals surface area contributed by atoms with Gasteiger partial charge in [0.2, 0.25) is 0 Å². The number of aromatic nitrogens is 2. The number of nitrogens with one attached hydrogen (secondary N) is 1. The molecule has 94 valence electrons. The Morgan fingerprint density at radius 3 is 2.61 bits per heavy atom. The third-order valence-electron chi connectivity index (χ3n) is 2.62. The molecule has 0 aliphatic carbocycles. The molecule has 2 rings (SSSR count). The van der Waals surface area contributed by atoms with E-state index in [1.165, 1.54) is 12.1 Å². The lowest BCUT2D eigenvalue weighted by atomic mass is 10.1. The molecule has 18 heavy (non-hydrogen) atoms. The highest BCUT2D eigenvalue weighted by Gasteiger charge is 2.11. The van der Waals surface area contributed by atoms with E-state index in [1.54, 1.807) is 16.8 Å². The first kappa shape index (κ1) is 12.3. The summed E-state index contributed by atoms with van der Waals surface area (Å²) in [6.45, 7) is 0.708. The largest absolute Gasteiger partial charge is 0.316 e. The first-order valence-corrected chi connectivity index (χ1v) is 5.53. The van der Waals surface area contributed by atoms with Crippen LogP contribution in [-0.2, 0) is 13.6 Å². The molecule has 0 amide bonds. The third kappa shape index (κ3) is 2.38. The number of benzene rings is 1. The van der Waals surface area contributed by atoms with E-state index in [0.29, 0.717) is 6.54 Å². The van der Waals surface area contributed by atoms with Gasteiger partial charge >= 0.3 is 0 Å². The van der Waals surface area contributed by atoms with Crippen LogP contribution in [0.15, 0.2) is 30.5 Å². The Bertz CT molecular complexity index is 560. The molecule has 0 unspecified atom stereocenters. The van der Waals surface area contributed by atoms with Crippen LogP contribution < -0.4 is 5.32 Å². The van der Waals surface area contributed by atoms with Crippen LogP contribution in [0.4, 0.5) is 5.69 Å². The predicted molar refractivity (Wildman–Crippen MR) is 68.1 cm³/mol. The van der Waals surface area contributed by atoms with Crippen LogP contribution >= 0.6 is 0 Å². The summed E-state index contributed by atoms with van der Waals surface area (Å²) in [5.41, 5.74) is 2.88. The van der Waals surface area contributed by atoms with Crippen LogP contribution in [0.2, 0.25) is 0 Å². The van der Waals surface area contributed by atoms with Gasteiger partial charge in [-0.3, -0.25) is 14.8 Å². The van der Waals surface area contributed by atoms with Gasteiger partial charge < -0.3 is 5.32 Å². The molecule has 0 spiro atoms. The SMILES string of the molecule is CNCc1cn(C)nc1-c1ccc([N+](=O)[O-])cc1. The van der Waals surface area contributed by atoms with E-state index in [2.05, 4.69) is 10.4 Å². The monoisotopic (exact) mass is 246 g/mol. The highest BCUT2D eigenvalue weighted by atomic mass is 16.6. The van der Waals surface area contributed by atoms with Gasteiger partial charge in [0.1, 0.15) is 0 Å². The van der Waals surface area contributed by atoms with Crippen LogP contribution in [0, 0.1) is 10.1 Å². The first-order chi connectivity index (χ1) is 8.61. The molecule has 0 aliphatic heterocycles. The van der Waals surface area contributed by atoms with Crippen molar-refractivity contribution in [3.8, 4) is 11.3 Å². The van der Waals surface area contributed by atoms with Crippen molar-refractivity contribution in [1.29, 1.82) is 0 Å². The molecule has 0 saturated heterocycles. The van der Waals surface area contributed by atoms with E-state index < -0.39 is 4.92 Å². The molecule has 6 nitrogen and oxygen atoms in total. The Balaban J connectivity index is 2.38. The maximum Gasteiger partial charge on any atom is 0.269 e. The Morgan fingerprint density at radius 2 is 2.06 bits per heavy atom. The van der Waals surface area contributed by atoms with E-state index in [9.17, 15) is 10.1 Å². The molecular weight excluding hydrogens is 232 g/mol. The average molecular weight is 246 g/mol. The Morgan fingerprint density at radius 1 is 1.39 bits per heavy atom. The Labute approximate surface area is 104 Å². The zero-order valence-electron chi connectivity index (χ0n) is 10.3. The molecular formula is C12H14N4O2. The average Bonchev–Trinajstić information content (AvgIpc) is 2.71. The zero-order valence-corrected chi connectivity index (χ0v) is 10.3. The van der Waals surface area contributed by atoms with Gasteiger partial charge in [-0.2, -0.15) is 5.10 Å². The van der Waals surface area contributed by atoms with E-state index in [0.717, 1.165) is 16.8 Å². The van der Waals surface area contributed by atoms with Crippen molar-refractivity contribution in [3.63, 3.8) is 0 Å². The lowest BCUT2D eigenvalue weighted by Crippen LogP contribution is -2.05. The number of rotatable bonds is 4. The van der Waals surface area contributed by atoms with Gasteiger partial charge in [0.15, 0.2) is 0 Å². The molecule has 0 radical (unpaired) electrons. The summed E-state index contributed by atoms with van der Waals surface area (Å²) in [5, 5.41) is 18.1. The van der Waals surface area contributed by atoms with E-state index >= 15 is 0 Å². The number of hydrogen-bond acceptors (Lipinski definition) is 4. The minimum atomic E-state index is -0.406. The summed E-state index contributed by atoms with van der Waals surface area (Å²) in [6.07, 6.45) is 1.94. The van der Waals surface area contributed by atoms with Gasteiger partial charge in [0, 0.05) is 43.0 Å². The van der Waals surface area contributed by atoms with E-state index in [4.69, 9.17) is 0 Å². The summed E-state index contributed by atoms with van der Waals surface area (Å²) >= 11 is 0. The highest BCUT2D eigenvalue weighted by molar-refractivity contribution is 5.64. The van der Waals surface area contributed by atoms with E-state index in [-0.39, 0.29) is 5.69 Å². The second-order valence-electron chi connectivity index (χ2n) is 4.01. The Hall–Kier alpha value is -2.21. The van der Waals surface area contributed by atoms with Gasteiger partial charge in [-0.05, 0) is 19.2 Å². The quantitative estimate of drug-likeness (QED) is 0.658. The summed E-state index contributed by atoms with van der Waals surface area (Å²) in [6, 6.07) is 6.43. The molecule has 2 aromatic rings. The summed E-state index contributed by atoms with van der Waals surface area (Å²) < 4.78 is 1.74. The normalized spacial score (nSPS) is 10.6. The van der Waals surface area contributed by atoms with Crippen molar-refractivity contribution in [2.75, 3.05) is 7.05 Å². The van der Waals surface area contributed by atoms with Gasteiger partial charge in [0.05, 0.1) is 10.6 Å². The molecule has 1 aromatic carbocycles. The van der Waals surface area contributed by atoms with E-state index in [1.807, 2.05) is 20.3 Å². The van der Waals surface area contributed by atoms with Crippen molar-refractivity contribution in [2.24, 2.45) is 7.05 Å². The fourth-order valence-corrected chi connectivity index (χ4v) is 1.84. The number of hydrogen-bond donors (Lipinski definition) is 1. The van der Waals surface area contributed by atoms with Crippen LogP contribution in [-0.4, -0.2) is 21.8 Å². The fourth-order valence-electron chi connectivity index (χ4n) is 1.84. The minimum Gasteiger partial charge on any atom is -0.316 e. The van der Waals surface area contributed by atoms with Crippen molar-refractivity contribution in [1.82, 2.24) is 15.1 Å². The minimum absolute atomic E-state index is 0.0878. The van der Waals surface area contributed by atoms with Crippen LogP contribution in [0.1, 0.15) is 5.56 Å². The number of nitro groups is 1. The lowest BCUT2D eigenvalue weighted by Gasteiger charge is -2.01. The molecule has 0 saturated carbocycles. The maximum absolute atomic E-state index is 10.6. The first-order valence-electron chi connectivity index (χ1n) is 5.53. The second kappa shape index (κ2) is 4.97. The van der Waals surface area contributed by atoms with Gasteiger partial charge in [-0.1, -0.05) is 0 Å². The molecule has 0 fully saturated rings. The molecule has 0 atom stereocenters. The van der Waals surface area contributed by atoms with Gasteiger partial charge in [0.25, 0.3) is 5.69 Å². The fraction of sp³-hybridized carbons (Fsp3) is 0.250. The number of aryl methyl sites for hydroxylation is 1. The number of non-ortho nitro benzene ring substituents is 1. The number of nitro benzene ring substituents is 1. The second-order valence-corrected chi connectivity index (χ2v) is 4.01. The number of nitrogens with zero attached hydrogens (tertiary/aromatic N) is 3. The summed E-state index contributed by atoms with van der Waals surface area (Å²) in [5.74, 6) is 0. The topological polar surface area (TPSA) is 73.0 Å². The summed E-state index contributed by atoms with van der Waals surface area (Å²) in [7, 11) is 3.72. The molecule has 0 bridgehead atoms. The smallest absolute Gasteiger partial charge is 0.269 e. The van der Waals surface area contributed by atoms with Crippen LogP contribution in [0.3, 0.4) is 0 Å². The molecule has 0 aliphatic rings. The lowest BCUT2D eigenvalue weighted by molar-refractivity contribution is -0.384. The van der Waals surface area contributed by atoms with Gasteiger partial charge in [-0.15, -0.1) is 0 Å². The zero-order chi connectivity index (χ0) is 13.1. The molecule has 1 N–H and O–H groups in total. The third-order valence-corrected chi connectivity index (χ3v) is 2.62. The van der Waals surface area contributed by atoms with Crippen molar-refractivity contribution in [3.05, 3.63) is 46.1 Å². The van der Waals surface area contributed by atoms with Crippen LogP contribution in [0.25, 0.3) is 11.3 Å².